The van der Waals surface area contributed by atoms with Crippen LogP contribution in [0.5, 0.6) is 0 Å². The molecule has 0 heterocycles. The van der Waals surface area contributed by atoms with E-state index < -0.39 is 6.03 Å². The van der Waals surface area contributed by atoms with E-state index in [0.29, 0.717) is 6.54 Å². The normalized spacial score (nSPS) is 11.9. The van der Waals surface area contributed by atoms with Crippen LogP contribution in [0.2, 0.25) is 0 Å². The lowest BCUT2D eigenvalue weighted by molar-refractivity contribution is -0.121. The summed E-state index contributed by atoms with van der Waals surface area (Å²) in [6.45, 7) is 7.00. The molecule has 0 aromatic carbocycles. The van der Waals surface area contributed by atoms with Crippen molar-refractivity contribution in [2.75, 3.05) is 13.1 Å². The summed E-state index contributed by atoms with van der Waals surface area (Å²) >= 11 is 0. The molecular formula is C11H23N3O2. The Labute approximate surface area is 97.4 Å². The molecule has 94 valence electrons. The van der Waals surface area contributed by atoms with Crippen LogP contribution in [0, 0.1) is 0 Å². The molecule has 1 unspecified atom stereocenters. The third-order valence-electron chi connectivity index (χ3n) is 2.20. The van der Waals surface area contributed by atoms with Crippen LogP contribution in [-0.4, -0.2) is 31.1 Å². The van der Waals surface area contributed by atoms with Crippen molar-refractivity contribution in [1.82, 2.24) is 16.0 Å². The molecule has 1 atom stereocenters. The van der Waals surface area contributed by atoms with Crippen LogP contribution in [0.25, 0.3) is 0 Å². The highest BCUT2D eigenvalue weighted by Crippen LogP contribution is 1.92. The van der Waals surface area contributed by atoms with Crippen LogP contribution < -0.4 is 16.0 Å². The zero-order chi connectivity index (χ0) is 12.4. The maximum Gasteiger partial charge on any atom is 0.321 e. The molecule has 0 aromatic heterocycles. The molecule has 3 amide bonds. The van der Waals surface area contributed by atoms with Gasteiger partial charge in [0, 0.05) is 6.54 Å². The number of rotatable bonds is 7. The highest BCUT2D eigenvalue weighted by Gasteiger charge is 2.13. The van der Waals surface area contributed by atoms with E-state index in [9.17, 15) is 9.59 Å². The van der Waals surface area contributed by atoms with E-state index in [-0.39, 0.29) is 11.9 Å². The lowest BCUT2D eigenvalue weighted by atomic mass is 10.2. The van der Waals surface area contributed by atoms with Crippen LogP contribution in [0.1, 0.15) is 40.0 Å². The van der Waals surface area contributed by atoms with Crippen molar-refractivity contribution in [2.24, 2.45) is 0 Å². The van der Waals surface area contributed by atoms with Crippen molar-refractivity contribution in [3.05, 3.63) is 0 Å². The van der Waals surface area contributed by atoms with Gasteiger partial charge in [-0.25, -0.2) is 4.79 Å². The molecule has 0 fully saturated rings. The van der Waals surface area contributed by atoms with Crippen LogP contribution >= 0.6 is 0 Å². The monoisotopic (exact) mass is 229 g/mol. The van der Waals surface area contributed by atoms with Gasteiger partial charge in [-0.1, -0.05) is 19.8 Å². The fraction of sp³-hybridized carbons (Fsp3) is 0.818. The Bertz CT molecular complexity index is 219. The minimum Gasteiger partial charge on any atom is -0.338 e. The van der Waals surface area contributed by atoms with Crippen molar-refractivity contribution in [3.63, 3.8) is 0 Å². The van der Waals surface area contributed by atoms with E-state index in [0.717, 1.165) is 25.8 Å². The van der Waals surface area contributed by atoms with Gasteiger partial charge in [0.1, 0.15) is 0 Å². The molecule has 16 heavy (non-hydrogen) atoms. The van der Waals surface area contributed by atoms with E-state index >= 15 is 0 Å². The lowest BCUT2D eigenvalue weighted by Gasteiger charge is -2.13. The smallest absolute Gasteiger partial charge is 0.321 e. The van der Waals surface area contributed by atoms with Gasteiger partial charge < -0.3 is 10.6 Å². The molecule has 5 heteroatoms. The Morgan fingerprint density at radius 1 is 1.19 bits per heavy atom. The number of carbonyl (C=O) groups is 2. The number of hydrogen-bond acceptors (Lipinski definition) is 3. The zero-order valence-electron chi connectivity index (χ0n) is 10.4. The Hall–Kier alpha value is -1.10. The average molecular weight is 229 g/mol. The molecule has 0 spiro atoms. The van der Waals surface area contributed by atoms with Gasteiger partial charge in [0.15, 0.2) is 0 Å². The second kappa shape index (κ2) is 9.15. The zero-order valence-corrected chi connectivity index (χ0v) is 10.4. The standard InChI is InChI=1S/C11H23N3O2/c1-4-6-7-8-13-9(3)10(15)14-11(16)12-5-2/h9,13H,4-8H2,1-3H3,(H2,12,14,15,16). The summed E-state index contributed by atoms with van der Waals surface area (Å²) in [6.07, 6.45) is 3.36. The summed E-state index contributed by atoms with van der Waals surface area (Å²) in [6, 6.07) is -0.769. The highest BCUT2D eigenvalue weighted by atomic mass is 16.2. The topological polar surface area (TPSA) is 70.2 Å². The van der Waals surface area contributed by atoms with E-state index in [4.69, 9.17) is 0 Å². The van der Waals surface area contributed by atoms with E-state index in [1.165, 1.54) is 0 Å². The van der Waals surface area contributed by atoms with E-state index in [2.05, 4.69) is 22.9 Å². The summed E-state index contributed by atoms with van der Waals surface area (Å²) in [5.41, 5.74) is 0. The summed E-state index contributed by atoms with van der Waals surface area (Å²) < 4.78 is 0. The van der Waals surface area contributed by atoms with Gasteiger partial charge in [0.2, 0.25) is 5.91 Å². The lowest BCUT2D eigenvalue weighted by Crippen LogP contribution is -2.48. The van der Waals surface area contributed by atoms with Gasteiger partial charge in [-0.3, -0.25) is 10.1 Å². The van der Waals surface area contributed by atoms with Gasteiger partial charge >= 0.3 is 6.03 Å². The Balaban J connectivity index is 3.68. The number of carbonyl (C=O) groups excluding carboxylic acids is 2. The number of nitrogens with one attached hydrogen (secondary N) is 3. The Kier molecular flexibility index (Phi) is 8.52. The fourth-order valence-corrected chi connectivity index (χ4v) is 1.21. The molecule has 0 bridgehead atoms. The minimum absolute atomic E-state index is 0.289. The largest absolute Gasteiger partial charge is 0.338 e. The highest BCUT2D eigenvalue weighted by molar-refractivity contribution is 5.96. The summed E-state index contributed by atoms with van der Waals surface area (Å²) in [5.74, 6) is -0.289. The van der Waals surface area contributed by atoms with Crippen LogP contribution in [0.4, 0.5) is 4.79 Å². The van der Waals surface area contributed by atoms with Crippen molar-refractivity contribution in [2.45, 2.75) is 46.1 Å². The van der Waals surface area contributed by atoms with Crippen LogP contribution in [-0.2, 0) is 4.79 Å². The second-order valence-corrected chi connectivity index (χ2v) is 3.73. The molecule has 0 saturated heterocycles. The third-order valence-corrected chi connectivity index (χ3v) is 2.20. The van der Waals surface area contributed by atoms with Crippen molar-refractivity contribution >= 4 is 11.9 Å². The number of urea groups is 1. The Morgan fingerprint density at radius 2 is 1.88 bits per heavy atom. The number of amides is 3. The van der Waals surface area contributed by atoms with Crippen LogP contribution in [0.3, 0.4) is 0 Å². The first-order valence-corrected chi connectivity index (χ1v) is 5.93. The molecule has 0 aliphatic carbocycles. The van der Waals surface area contributed by atoms with Gasteiger partial charge in [0.05, 0.1) is 6.04 Å². The molecule has 3 N–H and O–H groups in total. The van der Waals surface area contributed by atoms with Gasteiger partial charge in [-0.05, 0) is 26.8 Å². The van der Waals surface area contributed by atoms with Gasteiger partial charge in [-0.15, -0.1) is 0 Å². The quantitative estimate of drug-likeness (QED) is 0.570. The van der Waals surface area contributed by atoms with E-state index in [1.807, 2.05) is 0 Å². The van der Waals surface area contributed by atoms with E-state index in [1.54, 1.807) is 13.8 Å². The number of hydrogen-bond donors (Lipinski definition) is 3. The molecule has 0 aliphatic rings. The third kappa shape index (κ3) is 7.23. The predicted octanol–water partition coefficient (Wildman–Crippen LogP) is 1.00. The maximum absolute atomic E-state index is 11.5. The SMILES string of the molecule is CCCCCNC(C)C(=O)NC(=O)NCC. The number of imide groups is 1. The number of unbranched alkanes of at least 4 members (excludes halogenated alkanes) is 2. The van der Waals surface area contributed by atoms with Crippen molar-refractivity contribution < 1.29 is 9.59 Å². The van der Waals surface area contributed by atoms with Crippen molar-refractivity contribution in [1.29, 1.82) is 0 Å². The molecule has 5 nitrogen and oxygen atoms in total. The molecular weight excluding hydrogens is 206 g/mol. The summed E-state index contributed by atoms with van der Waals surface area (Å²) in [4.78, 5) is 22.5. The maximum atomic E-state index is 11.5. The average Bonchev–Trinajstić information content (AvgIpc) is 2.24. The predicted molar refractivity (Wildman–Crippen MR) is 64.2 cm³/mol. The Morgan fingerprint density at radius 3 is 2.44 bits per heavy atom. The summed E-state index contributed by atoms with van der Waals surface area (Å²) in [5, 5.41) is 7.85. The first-order valence-electron chi connectivity index (χ1n) is 5.93. The fourth-order valence-electron chi connectivity index (χ4n) is 1.21. The molecule has 0 aromatic rings. The van der Waals surface area contributed by atoms with Gasteiger partial charge in [0.25, 0.3) is 0 Å². The molecule has 0 radical (unpaired) electrons. The molecule has 0 rings (SSSR count). The van der Waals surface area contributed by atoms with Crippen LogP contribution in [0.15, 0.2) is 0 Å². The molecule has 0 saturated carbocycles. The van der Waals surface area contributed by atoms with Crippen molar-refractivity contribution in [3.8, 4) is 0 Å². The molecule has 0 aliphatic heterocycles. The van der Waals surface area contributed by atoms with Gasteiger partial charge in [-0.2, -0.15) is 0 Å². The first kappa shape index (κ1) is 14.9. The summed E-state index contributed by atoms with van der Waals surface area (Å²) in [7, 11) is 0. The first-order chi connectivity index (χ1) is 7.61. The second-order valence-electron chi connectivity index (χ2n) is 3.73. The minimum atomic E-state index is -0.435.